The summed E-state index contributed by atoms with van der Waals surface area (Å²) in [5.41, 5.74) is 6.77. The van der Waals surface area contributed by atoms with Crippen LogP contribution in [-0.4, -0.2) is 13.4 Å². The van der Waals surface area contributed by atoms with Gasteiger partial charge in [0, 0.05) is 16.8 Å². The minimum Gasteiger partial charge on any atom is -0.399 e. The SMILES string of the molecule is Cc1csc(CNS(=O)(=O)c2cc(N)cc(C)c2F)n1. The van der Waals surface area contributed by atoms with Crippen molar-refractivity contribution in [1.29, 1.82) is 0 Å². The highest BCUT2D eigenvalue weighted by Crippen LogP contribution is 2.21. The number of hydrogen-bond donors (Lipinski definition) is 2. The summed E-state index contributed by atoms with van der Waals surface area (Å²) in [6.07, 6.45) is 0. The van der Waals surface area contributed by atoms with Crippen LogP contribution >= 0.6 is 11.3 Å². The second-order valence-corrected chi connectivity index (χ2v) is 7.04. The van der Waals surface area contributed by atoms with E-state index in [9.17, 15) is 12.8 Å². The standard InChI is InChI=1S/C12H14FN3O2S2/c1-7-3-9(14)4-10(12(7)13)20(17,18)15-5-11-16-8(2)6-19-11/h3-4,6,15H,5,14H2,1-2H3. The van der Waals surface area contributed by atoms with E-state index >= 15 is 0 Å². The second kappa shape index (κ2) is 5.47. The number of anilines is 1. The number of aromatic nitrogens is 1. The van der Waals surface area contributed by atoms with Gasteiger partial charge in [0.05, 0.1) is 6.54 Å². The van der Waals surface area contributed by atoms with Crippen LogP contribution in [0.3, 0.4) is 0 Å². The number of nitrogens with two attached hydrogens (primary N) is 1. The van der Waals surface area contributed by atoms with Crippen molar-refractivity contribution in [1.82, 2.24) is 9.71 Å². The topological polar surface area (TPSA) is 85.1 Å². The van der Waals surface area contributed by atoms with Gasteiger partial charge in [0.2, 0.25) is 10.0 Å². The molecule has 2 aromatic rings. The van der Waals surface area contributed by atoms with Crippen molar-refractivity contribution in [2.24, 2.45) is 0 Å². The van der Waals surface area contributed by atoms with Crippen molar-refractivity contribution in [3.8, 4) is 0 Å². The number of thiazole rings is 1. The molecule has 0 aliphatic rings. The normalized spacial score (nSPS) is 11.8. The molecule has 1 aromatic heterocycles. The highest BCUT2D eigenvalue weighted by Gasteiger charge is 2.21. The lowest BCUT2D eigenvalue weighted by molar-refractivity contribution is 0.553. The average Bonchev–Trinajstić information content (AvgIpc) is 2.77. The van der Waals surface area contributed by atoms with Crippen molar-refractivity contribution >= 4 is 27.0 Å². The number of hydrogen-bond acceptors (Lipinski definition) is 5. The summed E-state index contributed by atoms with van der Waals surface area (Å²) >= 11 is 1.34. The fraction of sp³-hybridized carbons (Fsp3) is 0.250. The van der Waals surface area contributed by atoms with Crippen LogP contribution in [0.4, 0.5) is 10.1 Å². The maximum atomic E-state index is 13.9. The van der Waals surface area contributed by atoms with Crippen LogP contribution in [-0.2, 0) is 16.6 Å². The number of sulfonamides is 1. The third kappa shape index (κ3) is 3.14. The Morgan fingerprint density at radius 1 is 1.40 bits per heavy atom. The molecule has 8 heteroatoms. The zero-order chi connectivity index (χ0) is 14.9. The molecular weight excluding hydrogens is 301 g/mol. The molecule has 108 valence electrons. The first kappa shape index (κ1) is 14.9. The molecule has 0 atom stereocenters. The van der Waals surface area contributed by atoms with E-state index < -0.39 is 20.7 Å². The van der Waals surface area contributed by atoms with Crippen LogP contribution in [0, 0.1) is 19.7 Å². The first-order valence-electron chi connectivity index (χ1n) is 5.76. The van der Waals surface area contributed by atoms with Gasteiger partial charge in [-0.15, -0.1) is 11.3 Å². The quantitative estimate of drug-likeness (QED) is 0.845. The lowest BCUT2D eigenvalue weighted by Crippen LogP contribution is -2.24. The van der Waals surface area contributed by atoms with Gasteiger partial charge in [-0.05, 0) is 31.5 Å². The first-order valence-corrected chi connectivity index (χ1v) is 8.12. The van der Waals surface area contributed by atoms with Crippen LogP contribution < -0.4 is 10.5 Å². The Hall–Kier alpha value is -1.51. The molecular formula is C12H14FN3O2S2. The number of rotatable bonds is 4. The monoisotopic (exact) mass is 315 g/mol. The van der Waals surface area contributed by atoms with Crippen LogP contribution in [0.1, 0.15) is 16.3 Å². The minimum absolute atomic E-state index is 0.0220. The van der Waals surface area contributed by atoms with Gasteiger partial charge in [0.25, 0.3) is 0 Å². The molecule has 0 fully saturated rings. The molecule has 3 N–H and O–H groups in total. The van der Waals surface area contributed by atoms with Gasteiger partial charge in [-0.25, -0.2) is 22.5 Å². The number of aryl methyl sites for hydroxylation is 2. The number of nitrogen functional groups attached to an aromatic ring is 1. The third-order valence-electron chi connectivity index (χ3n) is 2.61. The molecule has 1 aromatic carbocycles. The number of nitrogens with zero attached hydrogens (tertiary/aromatic N) is 1. The molecule has 5 nitrogen and oxygen atoms in total. The van der Waals surface area contributed by atoms with E-state index in [1.54, 1.807) is 0 Å². The van der Waals surface area contributed by atoms with Crippen molar-refractivity contribution in [3.05, 3.63) is 39.6 Å². The largest absolute Gasteiger partial charge is 0.399 e. The van der Waals surface area contributed by atoms with Crippen molar-refractivity contribution < 1.29 is 12.8 Å². The zero-order valence-electron chi connectivity index (χ0n) is 11.0. The van der Waals surface area contributed by atoms with E-state index in [-0.39, 0.29) is 17.8 Å². The van der Waals surface area contributed by atoms with Gasteiger partial charge >= 0.3 is 0 Å². The highest BCUT2D eigenvalue weighted by atomic mass is 32.2. The maximum Gasteiger partial charge on any atom is 0.243 e. The lowest BCUT2D eigenvalue weighted by atomic mass is 10.2. The minimum atomic E-state index is -3.96. The Kier molecular flexibility index (Phi) is 4.07. The second-order valence-electron chi connectivity index (χ2n) is 4.36. The molecule has 0 spiro atoms. The predicted molar refractivity (Wildman–Crippen MR) is 76.4 cm³/mol. The van der Waals surface area contributed by atoms with Gasteiger partial charge in [0.1, 0.15) is 15.7 Å². The molecule has 0 saturated heterocycles. The van der Waals surface area contributed by atoms with E-state index in [1.165, 1.54) is 24.3 Å². The Morgan fingerprint density at radius 2 is 2.10 bits per heavy atom. The molecule has 0 bridgehead atoms. The third-order valence-corrected chi connectivity index (χ3v) is 4.98. The Labute approximate surface area is 120 Å². The van der Waals surface area contributed by atoms with Crippen LogP contribution in [0.15, 0.2) is 22.4 Å². The smallest absolute Gasteiger partial charge is 0.243 e. The molecule has 2 rings (SSSR count). The molecule has 0 radical (unpaired) electrons. The van der Waals surface area contributed by atoms with Gasteiger partial charge < -0.3 is 5.73 Å². The summed E-state index contributed by atoms with van der Waals surface area (Å²) in [5.74, 6) is -0.790. The summed E-state index contributed by atoms with van der Waals surface area (Å²) in [6.45, 7) is 3.30. The fourth-order valence-corrected chi connectivity index (χ4v) is 3.65. The number of nitrogens with one attached hydrogen (secondary N) is 1. The van der Waals surface area contributed by atoms with Gasteiger partial charge in [0.15, 0.2) is 0 Å². The summed E-state index contributed by atoms with van der Waals surface area (Å²) in [5, 5.41) is 2.43. The van der Waals surface area contributed by atoms with Gasteiger partial charge in [-0.1, -0.05) is 0 Å². The molecule has 0 aliphatic carbocycles. The summed E-state index contributed by atoms with van der Waals surface area (Å²) in [4.78, 5) is 3.70. The maximum absolute atomic E-state index is 13.9. The highest BCUT2D eigenvalue weighted by molar-refractivity contribution is 7.89. The Balaban J connectivity index is 2.27. The molecule has 0 unspecified atom stereocenters. The van der Waals surface area contributed by atoms with Crippen LogP contribution in [0.25, 0.3) is 0 Å². The van der Waals surface area contributed by atoms with E-state index in [1.807, 2.05) is 12.3 Å². The molecule has 20 heavy (non-hydrogen) atoms. The van der Waals surface area contributed by atoms with Crippen LogP contribution in [0.5, 0.6) is 0 Å². The van der Waals surface area contributed by atoms with Crippen LogP contribution in [0.2, 0.25) is 0 Å². The molecule has 0 aliphatic heterocycles. The lowest BCUT2D eigenvalue weighted by Gasteiger charge is -2.09. The fourth-order valence-electron chi connectivity index (χ4n) is 1.68. The van der Waals surface area contributed by atoms with Crippen molar-refractivity contribution in [2.45, 2.75) is 25.3 Å². The van der Waals surface area contributed by atoms with E-state index in [2.05, 4.69) is 9.71 Å². The summed E-state index contributed by atoms with van der Waals surface area (Å²) < 4.78 is 40.5. The average molecular weight is 315 g/mol. The predicted octanol–water partition coefficient (Wildman–Crippen LogP) is 1.96. The molecule has 0 saturated carbocycles. The summed E-state index contributed by atoms with van der Waals surface area (Å²) in [7, 11) is -3.96. The Bertz CT molecular complexity index is 741. The molecule has 0 amide bonds. The van der Waals surface area contributed by atoms with E-state index in [4.69, 9.17) is 5.73 Å². The first-order chi connectivity index (χ1) is 9.29. The van der Waals surface area contributed by atoms with Gasteiger partial charge in [-0.3, -0.25) is 0 Å². The van der Waals surface area contributed by atoms with Crippen molar-refractivity contribution in [2.75, 3.05) is 5.73 Å². The number of halogens is 1. The van der Waals surface area contributed by atoms with Gasteiger partial charge in [-0.2, -0.15) is 0 Å². The van der Waals surface area contributed by atoms with E-state index in [0.29, 0.717) is 5.01 Å². The van der Waals surface area contributed by atoms with E-state index in [0.717, 1.165) is 11.8 Å². The molecule has 1 heterocycles. The van der Waals surface area contributed by atoms with Crippen molar-refractivity contribution in [3.63, 3.8) is 0 Å². The zero-order valence-corrected chi connectivity index (χ0v) is 12.6. The Morgan fingerprint density at radius 3 is 2.70 bits per heavy atom. The summed E-state index contributed by atoms with van der Waals surface area (Å²) in [6, 6.07) is 2.50. The number of benzene rings is 1.